The van der Waals surface area contributed by atoms with Gasteiger partial charge in [-0.05, 0) is 61.1 Å². The van der Waals surface area contributed by atoms with Gasteiger partial charge in [0.15, 0.2) is 5.69 Å². The molecular formula is C31H36BF4N7O5. The highest BCUT2D eigenvalue weighted by atomic mass is 19.4. The highest BCUT2D eigenvalue weighted by molar-refractivity contribution is 6.59. The summed E-state index contributed by atoms with van der Waals surface area (Å²) in [6.45, 7) is 2.83. The van der Waals surface area contributed by atoms with Gasteiger partial charge in [0.1, 0.15) is 18.1 Å². The lowest BCUT2D eigenvalue weighted by Gasteiger charge is -2.37. The van der Waals surface area contributed by atoms with E-state index in [4.69, 9.17) is 0 Å². The van der Waals surface area contributed by atoms with Crippen molar-refractivity contribution >= 4 is 36.3 Å². The van der Waals surface area contributed by atoms with Crippen LogP contribution < -0.4 is 10.8 Å². The standard InChI is InChI=1S/C31H36BF4N7O5/c1-30(2,18-43-24(14-26(39-43)31(34,35)36)20(7-6-12-44)17-40(3)4)38-28(45)25(13-19-15-37-41(5)16-19)42-11-10-21-22(32(47)48)8-9-23(33)27(21)29(42)46/h6-9,12,14-17,25,47-48H,10-11,13,18H2,1-5H3,(H,38,45)/b7-6-,20-17+. The van der Waals surface area contributed by atoms with E-state index in [0.29, 0.717) is 11.8 Å². The Morgan fingerprint density at radius 3 is 2.52 bits per heavy atom. The minimum absolute atomic E-state index is 0.0206. The van der Waals surface area contributed by atoms with Gasteiger partial charge in [0.05, 0.1) is 29.5 Å². The Labute approximate surface area is 274 Å². The number of allylic oxidation sites excluding steroid dienone is 3. The highest BCUT2D eigenvalue weighted by Gasteiger charge is 2.40. The van der Waals surface area contributed by atoms with Gasteiger partial charge >= 0.3 is 13.3 Å². The molecule has 0 saturated heterocycles. The number of hydrogen-bond acceptors (Lipinski definition) is 8. The molecule has 0 radical (unpaired) electrons. The molecule has 3 aromatic rings. The Morgan fingerprint density at radius 2 is 1.94 bits per heavy atom. The Hall–Kier alpha value is -4.77. The van der Waals surface area contributed by atoms with Crippen molar-refractivity contribution in [2.24, 2.45) is 7.05 Å². The fourth-order valence-corrected chi connectivity index (χ4v) is 5.65. The molecule has 0 spiro atoms. The maximum Gasteiger partial charge on any atom is 0.488 e. The molecule has 1 atom stereocenters. The summed E-state index contributed by atoms with van der Waals surface area (Å²) < 4.78 is 59.1. The number of aldehydes is 1. The number of nitrogens with zero attached hydrogens (tertiary/aromatic N) is 6. The summed E-state index contributed by atoms with van der Waals surface area (Å²) in [7, 11) is 3.04. The van der Waals surface area contributed by atoms with Crippen molar-refractivity contribution < 1.29 is 42.0 Å². The van der Waals surface area contributed by atoms with Crippen LogP contribution in [0.4, 0.5) is 17.6 Å². The number of nitrogens with one attached hydrogen (secondary N) is 1. The molecule has 17 heteroatoms. The van der Waals surface area contributed by atoms with Crippen LogP contribution in [0.1, 0.15) is 46.7 Å². The van der Waals surface area contributed by atoms with Crippen molar-refractivity contribution in [1.29, 1.82) is 0 Å². The van der Waals surface area contributed by atoms with E-state index in [0.717, 1.165) is 22.9 Å². The van der Waals surface area contributed by atoms with E-state index in [1.54, 1.807) is 46.1 Å². The third-order valence-corrected chi connectivity index (χ3v) is 7.64. The molecule has 12 nitrogen and oxygen atoms in total. The molecule has 4 rings (SSSR count). The zero-order valence-electron chi connectivity index (χ0n) is 27.0. The largest absolute Gasteiger partial charge is 0.488 e. The van der Waals surface area contributed by atoms with Crippen LogP contribution in [0, 0.1) is 5.82 Å². The summed E-state index contributed by atoms with van der Waals surface area (Å²) in [4.78, 5) is 41.7. The first-order valence-electron chi connectivity index (χ1n) is 14.8. The average molecular weight is 673 g/mol. The van der Waals surface area contributed by atoms with Crippen LogP contribution in [0.25, 0.3) is 5.57 Å². The Bertz CT molecular complexity index is 1750. The Morgan fingerprint density at radius 1 is 1.23 bits per heavy atom. The number of fused-ring (bicyclic) bond motifs is 1. The zero-order valence-corrected chi connectivity index (χ0v) is 27.0. The second-order valence-electron chi connectivity index (χ2n) is 12.3. The first-order valence-corrected chi connectivity index (χ1v) is 14.8. The molecule has 1 aliphatic heterocycles. The van der Waals surface area contributed by atoms with Gasteiger partial charge in [-0.1, -0.05) is 6.07 Å². The van der Waals surface area contributed by atoms with Crippen molar-refractivity contribution in [3.8, 4) is 0 Å². The lowest BCUT2D eigenvalue weighted by molar-refractivity contribution is -0.141. The molecule has 0 bridgehead atoms. The third kappa shape index (κ3) is 8.20. The quantitative estimate of drug-likeness (QED) is 0.0859. The summed E-state index contributed by atoms with van der Waals surface area (Å²) in [5, 5.41) is 30.3. The summed E-state index contributed by atoms with van der Waals surface area (Å²) in [5.74, 6) is -2.39. The van der Waals surface area contributed by atoms with Crippen LogP contribution in [0.2, 0.25) is 0 Å². The van der Waals surface area contributed by atoms with E-state index in [1.807, 2.05) is 0 Å². The molecule has 3 N–H and O–H groups in total. The molecule has 3 heterocycles. The predicted molar refractivity (Wildman–Crippen MR) is 168 cm³/mol. The molecule has 48 heavy (non-hydrogen) atoms. The van der Waals surface area contributed by atoms with E-state index in [-0.39, 0.29) is 53.8 Å². The summed E-state index contributed by atoms with van der Waals surface area (Å²) in [6, 6.07) is 1.78. The number of aryl methyl sites for hydroxylation is 1. The van der Waals surface area contributed by atoms with Gasteiger partial charge in [-0.25, -0.2) is 4.39 Å². The molecule has 0 saturated carbocycles. The molecule has 256 valence electrons. The third-order valence-electron chi connectivity index (χ3n) is 7.64. The van der Waals surface area contributed by atoms with Crippen molar-refractivity contribution in [2.45, 2.75) is 51.0 Å². The number of rotatable bonds is 12. The van der Waals surface area contributed by atoms with Crippen LogP contribution >= 0.6 is 0 Å². The Balaban J connectivity index is 1.70. The molecular weight excluding hydrogens is 637 g/mol. The van der Waals surface area contributed by atoms with Crippen LogP contribution in [-0.4, -0.2) is 96.8 Å². The molecule has 1 unspecified atom stereocenters. The van der Waals surface area contributed by atoms with E-state index in [9.17, 15) is 37.6 Å². The molecule has 2 amide bonds. The molecule has 0 aliphatic carbocycles. The Kier molecular flexibility index (Phi) is 10.6. The van der Waals surface area contributed by atoms with E-state index < -0.39 is 48.2 Å². The molecule has 1 aliphatic rings. The second-order valence-corrected chi connectivity index (χ2v) is 12.3. The van der Waals surface area contributed by atoms with Crippen LogP contribution in [0.5, 0.6) is 0 Å². The van der Waals surface area contributed by atoms with Gasteiger partial charge in [0, 0.05) is 52.1 Å². The number of benzene rings is 1. The number of hydrogen-bond donors (Lipinski definition) is 3. The number of amides is 2. The van der Waals surface area contributed by atoms with Crippen LogP contribution in [0.15, 0.2) is 48.9 Å². The minimum Gasteiger partial charge on any atom is -0.423 e. The number of alkyl halides is 3. The van der Waals surface area contributed by atoms with Gasteiger partial charge in [-0.2, -0.15) is 23.4 Å². The van der Waals surface area contributed by atoms with E-state index in [1.165, 1.54) is 34.1 Å². The fraction of sp³-hybridized carbons (Fsp3) is 0.387. The first kappa shape index (κ1) is 36.1. The topological polar surface area (TPSA) is 146 Å². The SMILES string of the molecule is CN(C)/C=C(\C=C/C=O)c1cc(C(F)(F)F)nn1CC(C)(C)NC(=O)C(Cc1cnn(C)c1)N1CCc2c(B(O)O)ccc(F)c2C1=O. The number of carbonyl (C=O) groups is 3. The van der Waals surface area contributed by atoms with Gasteiger partial charge < -0.3 is 25.2 Å². The predicted octanol–water partition coefficient (Wildman–Crippen LogP) is 1.32. The first-order chi connectivity index (χ1) is 22.4. The monoisotopic (exact) mass is 673 g/mol. The maximum absolute atomic E-state index is 15.0. The van der Waals surface area contributed by atoms with Crippen molar-refractivity contribution in [1.82, 2.24) is 34.7 Å². The highest BCUT2D eigenvalue weighted by Crippen LogP contribution is 2.32. The van der Waals surface area contributed by atoms with Gasteiger partial charge in [-0.3, -0.25) is 23.7 Å². The maximum atomic E-state index is 15.0. The molecule has 0 fully saturated rings. The normalized spacial score (nSPS) is 14.7. The second kappa shape index (κ2) is 14.2. The van der Waals surface area contributed by atoms with Crippen LogP contribution in [0.3, 0.4) is 0 Å². The fourth-order valence-electron chi connectivity index (χ4n) is 5.65. The smallest absolute Gasteiger partial charge is 0.423 e. The summed E-state index contributed by atoms with van der Waals surface area (Å²) in [6.07, 6.45) is 2.85. The van der Waals surface area contributed by atoms with E-state index >= 15 is 4.39 Å². The molecule has 2 aromatic heterocycles. The minimum atomic E-state index is -4.79. The zero-order chi connectivity index (χ0) is 35.6. The van der Waals surface area contributed by atoms with Crippen molar-refractivity contribution in [3.05, 3.63) is 82.8 Å². The number of carbonyl (C=O) groups excluding carboxylic acids is 3. The van der Waals surface area contributed by atoms with Crippen LogP contribution in [-0.2, 0) is 42.2 Å². The van der Waals surface area contributed by atoms with Crippen molar-refractivity contribution in [3.63, 3.8) is 0 Å². The summed E-state index contributed by atoms with van der Waals surface area (Å²) >= 11 is 0. The number of halogens is 4. The molecule has 1 aromatic carbocycles. The van der Waals surface area contributed by atoms with Gasteiger partial charge in [-0.15, -0.1) is 0 Å². The van der Waals surface area contributed by atoms with Crippen molar-refractivity contribution in [2.75, 3.05) is 20.6 Å². The van der Waals surface area contributed by atoms with E-state index in [2.05, 4.69) is 15.5 Å². The van der Waals surface area contributed by atoms with Gasteiger partial charge in [0.25, 0.3) is 5.91 Å². The lowest BCUT2D eigenvalue weighted by Crippen LogP contribution is -2.58. The summed E-state index contributed by atoms with van der Waals surface area (Å²) in [5.41, 5.74) is -1.84. The number of aromatic nitrogens is 4. The lowest BCUT2D eigenvalue weighted by atomic mass is 9.73. The average Bonchev–Trinajstić information content (AvgIpc) is 3.59. The van der Waals surface area contributed by atoms with Gasteiger partial charge in [0.2, 0.25) is 5.91 Å².